The SMILES string of the molecule is CC(C)(N)CN1CCc2sccc2C1. The van der Waals surface area contributed by atoms with Gasteiger partial charge in [-0.05, 0) is 37.3 Å². The fraction of sp³-hybridized carbons (Fsp3) is 0.636. The maximum atomic E-state index is 6.02. The zero-order valence-corrected chi connectivity index (χ0v) is 9.73. The van der Waals surface area contributed by atoms with Gasteiger partial charge >= 0.3 is 0 Å². The summed E-state index contributed by atoms with van der Waals surface area (Å²) in [6, 6.07) is 2.25. The van der Waals surface area contributed by atoms with E-state index in [1.54, 1.807) is 4.88 Å². The molecule has 0 spiro atoms. The lowest BCUT2D eigenvalue weighted by atomic mass is 10.0. The highest BCUT2D eigenvalue weighted by Crippen LogP contribution is 2.24. The van der Waals surface area contributed by atoms with Crippen molar-refractivity contribution < 1.29 is 0 Å². The van der Waals surface area contributed by atoms with E-state index in [2.05, 4.69) is 30.2 Å². The Morgan fingerprint density at radius 1 is 1.57 bits per heavy atom. The molecule has 2 rings (SSSR count). The number of thiophene rings is 1. The molecule has 2 N–H and O–H groups in total. The highest BCUT2D eigenvalue weighted by atomic mass is 32.1. The first-order chi connectivity index (χ1) is 6.54. The van der Waals surface area contributed by atoms with Gasteiger partial charge in [0, 0.05) is 30.1 Å². The summed E-state index contributed by atoms with van der Waals surface area (Å²) >= 11 is 1.89. The minimum absolute atomic E-state index is 0.0759. The molecule has 0 saturated heterocycles. The molecule has 0 bridgehead atoms. The number of rotatable bonds is 2. The van der Waals surface area contributed by atoms with Crippen LogP contribution in [0, 0.1) is 0 Å². The summed E-state index contributed by atoms with van der Waals surface area (Å²) in [4.78, 5) is 4.02. The highest BCUT2D eigenvalue weighted by molar-refractivity contribution is 7.10. The topological polar surface area (TPSA) is 29.3 Å². The summed E-state index contributed by atoms with van der Waals surface area (Å²) in [7, 11) is 0. The van der Waals surface area contributed by atoms with Crippen LogP contribution in [0.4, 0.5) is 0 Å². The molecular weight excluding hydrogens is 192 g/mol. The third-order valence-electron chi connectivity index (χ3n) is 2.52. The summed E-state index contributed by atoms with van der Waals surface area (Å²) < 4.78 is 0. The molecule has 0 atom stereocenters. The average Bonchev–Trinajstić information content (AvgIpc) is 2.47. The Hall–Kier alpha value is -0.380. The molecule has 0 amide bonds. The molecule has 78 valence electrons. The van der Waals surface area contributed by atoms with Gasteiger partial charge < -0.3 is 5.73 Å². The lowest BCUT2D eigenvalue weighted by molar-refractivity contribution is 0.210. The first kappa shape index (κ1) is 10.1. The van der Waals surface area contributed by atoms with Crippen molar-refractivity contribution in [2.75, 3.05) is 13.1 Å². The predicted octanol–water partition coefficient (Wildman–Crippen LogP) is 1.84. The molecule has 3 heteroatoms. The molecular formula is C11H18N2S. The Morgan fingerprint density at radius 3 is 3.07 bits per heavy atom. The van der Waals surface area contributed by atoms with Crippen molar-refractivity contribution in [2.24, 2.45) is 5.73 Å². The first-order valence-corrected chi connectivity index (χ1v) is 5.99. The second kappa shape index (κ2) is 3.65. The largest absolute Gasteiger partial charge is 0.324 e. The van der Waals surface area contributed by atoms with Gasteiger partial charge in [0.25, 0.3) is 0 Å². The average molecular weight is 210 g/mol. The number of hydrogen-bond donors (Lipinski definition) is 1. The molecule has 1 aliphatic heterocycles. The monoisotopic (exact) mass is 210 g/mol. The Bertz CT molecular complexity index is 311. The molecule has 2 heterocycles. The molecule has 0 aliphatic carbocycles. The van der Waals surface area contributed by atoms with Gasteiger partial charge in [0.05, 0.1) is 0 Å². The van der Waals surface area contributed by atoms with E-state index in [-0.39, 0.29) is 5.54 Å². The lowest BCUT2D eigenvalue weighted by Gasteiger charge is -2.32. The molecule has 14 heavy (non-hydrogen) atoms. The van der Waals surface area contributed by atoms with Crippen LogP contribution in [0.3, 0.4) is 0 Å². The van der Waals surface area contributed by atoms with E-state index in [0.717, 1.165) is 19.6 Å². The van der Waals surface area contributed by atoms with E-state index in [9.17, 15) is 0 Å². The smallest absolute Gasteiger partial charge is 0.0245 e. The summed E-state index contributed by atoms with van der Waals surface area (Å²) in [5.41, 5.74) is 7.45. The summed E-state index contributed by atoms with van der Waals surface area (Å²) in [5, 5.41) is 2.20. The van der Waals surface area contributed by atoms with Crippen molar-refractivity contribution in [2.45, 2.75) is 32.4 Å². The van der Waals surface area contributed by atoms with Crippen LogP contribution in [-0.4, -0.2) is 23.5 Å². The Labute approximate surface area is 89.7 Å². The van der Waals surface area contributed by atoms with Gasteiger partial charge in [-0.1, -0.05) is 0 Å². The van der Waals surface area contributed by atoms with Gasteiger partial charge in [0.2, 0.25) is 0 Å². The molecule has 1 aromatic heterocycles. The van der Waals surface area contributed by atoms with E-state index in [0.29, 0.717) is 0 Å². The van der Waals surface area contributed by atoms with Crippen molar-refractivity contribution in [3.8, 4) is 0 Å². The zero-order valence-electron chi connectivity index (χ0n) is 8.92. The quantitative estimate of drug-likeness (QED) is 0.807. The second-order valence-electron chi connectivity index (χ2n) is 4.82. The van der Waals surface area contributed by atoms with Gasteiger partial charge in [0.1, 0.15) is 0 Å². The molecule has 2 nitrogen and oxygen atoms in total. The molecule has 1 aromatic rings. The third-order valence-corrected chi connectivity index (χ3v) is 3.54. The van der Waals surface area contributed by atoms with E-state index in [1.807, 2.05) is 11.3 Å². The van der Waals surface area contributed by atoms with Gasteiger partial charge in [-0.15, -0.1) is 11.3 Å². The van der Waals surface area contributed by atoms with Gasteiger partial charge in [-0.3, -0.25) is 4.90 Å². The fourth-order valence-electron chi connectivity index (χ4n) is 2.02. The van der Waals surface area contributed by atoms with Crippen molar-refractivity contribution in [3.63, 3.8) is 0 Å². The maximum absolute atomic E-state index is 6.02. The molecule has 1 aliphatic rings. The van der Waals surface area contributed by atoms with Crippen molar-refractivity contribution in [1.82, 2.24) is 4.90 Å². The number of fused-ring (bicyclic) bond motifs is 1. The van der Waals surface area contributed by atoms with Crippen LogP contribution in [-0.2, 0) is 13.0 Å². The van der Waals surface area contributed by atoms with E-state index >= 15 is 0 Å². The van der Waals surface area contributed by atoms with Crippen LogP contribution in [0.25, 0.3) is 0 Å². The first-order valence-electron chi connectivity index (χ1n) is 5.11. The van der Waals surface area contributed by atoms with Crippen LogP contribution < -0.4 is 5.73 Å². The number of hydrogen-bond acceptors (Lipinski definition) is 3. The number of nitrogens with zero attached hydrogens (tertiary/aromatic N) is 1. The van der Waals surface area contributed by atoms with E-state index in [1.165, 1.54) is 12.0 Å². The van der Waals surface area contributed by atoms with Crippen molar-refractivity contribution >= 4 is 11.3 Å². The fourth-order valence-corrected chi connectivity index (χ4v) is 2.91. The molecule has 0 unspecified atom stereocenters. The van der Waals surface area contributed by atoms with Crippen molar-refractivity contribution in [1.29, 1.82) is 0 Å². The van der Waals surface area contributed by atoms with Crippen LogP contribution in [0.1, 0.15) is 24.3 Å². The summed E-state index contributed by atoms with van der Waals surface area (Å²) in [5.74, 6) is 0. The van der Waals surface area contributed by atoms with Crippen LogP contribution in [0.2, 0.25) is 0 Å². The van der Waals surface area contributed by atoms with E-state index < -0.39 is 0 Å². The molecule has 0 aromatic carbocycles. The van der Waals surface area contributed by atoms with Crippen molar-refractivity contribution in [3.05, 3.63) is 21.9 Å². The minimum Gasteiger partial charge on any atom is -0.324 e. The van der Waals surface area contributed by atoms with Crippen LogP contribution >= 0.6 is 11.3 Å². The minimum atomic E-state index is -0.0759. The maximum Gasteiger partial charge on any atom is 0.0245 e. The summed E-state index contributed by atoms with van der Waals surface area (Å²) in [6.45, 7) is 7.42. The number of nitrogens with two attached hydrogens (primary N) is 1. The second-order valence-corrected chi connectivity index (χ2v) is 5.82. The molecule has 0 fully saturated rings. The summed E-state index contributed by atoms with van der Waals surface area (Å²) in [6.07, 6.45) is 1.20. The third kappa shape index (κ3) is 2.35. The Morgan fingerprint density at radius 2 is 2.36 bits per heavy atom. The highest BCUT2D eigenvalue weighted by Gasteiger charge is 2.21. The van der Waals surface area contributed by atoms with Crippen LogP contribution in [0.15, 0.2) is 11.4 Å². The molecule has 0 radical (unpaired) electrons. The van der Waals surface area contributed by atoms with Gasteiger partial charge in [0.15, 0.2) is 0 Å². The van der Waals surface area contributed by atoms with Crippen LogP contribution in [0.5, 0.6) is 0 Å². The lowest BCUT2D eigenvalue weighted by Crippen LogP contribution is -2.46. The molecule has 0 saturated carbocycles. The van der Waals surface area contributed by atoms with E-state index in [4.69, 9.17) is 5.73 Å². The Balaban J connectivity index is 2.01. The Kier molecular flexibility index (Phi) is 2.64. The van der Waals surface area contributed by atoms with Gasteiger partial charge in [-0.2, -0.15) is 0 Å². The standard InChI is InChI=1S/C11H18N2S/c1-11(2,12)8-13-5-3-10-9(7-13)4-6-14-10/h4,6H,3,5,7-8,12H2,1-2H3. The normalized spacial score (nSPS) is 18.2. The van der Waals surface area contributed by atoms with Gasteiger partial charge in [-0.25, -0.2) is 0 Å². The zero-order chi connectivity index (χ0) is 10.2. The predicted molar refractivity (Wildman–Crippen MR) is 61.6 cm³/mol.